The first-order chi connectivity index (χ1) is 21.5. The maximum atomic E-state index is 12.6. The van der Waals surface area contributed by atoms with Crippen molar-refractivity contribution in [3.63, 3.8) is 0 Å². The Balaban J connectivity index is 1.98. The van der Waals surface area contributed by atoms with Crippen LogP contribution in [0.5, 0.6) is 0 Å². The van der Waals surface area contributed by atoms with Crippen LogP contribution in [-0.2, 0) is 38.1 Å². The average Bonchev–Trinajstić information content (AvgIpc) is 2.99. The third-order valence-corrected chi connectivity index (χ3v) is 7.87. The number of carbonyl (C=O) groups excluding carboxylic acids is 2. The van der Waals surface area contributed by atoms with Gasteiger partial charge >= 0.3 is 5.97 Å². The van der Waals surface area contributed by atoms with Gasteiger partial charge in [-0.2, -0.15) is 0 Å². The Bertz CT molecular complexity index is 1050. The first kappa shape index (κ1) is 38.3. The molecule has 2 amide bonds. The molecule has 21 heteroatoms. The van der Waals surface area contributed by atoms with Gasteiger partial charge in [0.15, 0.2) is 12.6 Å². The summed E-state index contributed by atoms with van der Waals surface area (Å²) in [4.78, 5) is 36.2. The SMILES string of the molecule is CC(=O)N[C@@H]1[C@@H](O[C@@H]2O[C@H](CO)[C@H](O)[C@H](O[C@]3(C(=O)O)C[C@H](O)[C@@H](NC(C)=O)[C@H]([C@H](O)[C@H](O)CO)O3)[C@H]2O)[C@H](O)[C@@H](CO)O[C@H]1O. The fourth-order valence-corrected chi connectivity index (χ4v) is 5.56. The van der Waals surface area contributed by atoms with Crippen molar-refractivity contribution in [1.82, 2.24) is 10.6 Å². The van der Waals surface area contributed by atoms with Gasteiger partial charge in [0.25, 0.3) is 5.79 Å². The Morgan fingerprint density at radius 3 is 1.91 bits per heavy atom. The van der Waals surface area contributed by atoms with E-state index in [1.54, 1.807) is 0 Å². The number of carboxylic acid groups (broad SMARTS) is 1. The molecule has 3 aliphatic heterocycles. The lowest BCUT2D eigenvalue weighted by atomic mass is 9.88. The van der Waals surface area contributed by atoms with Crippen LogP contribution < -0.4 is 10.6 Å². The first-order valence-electron chi connectivity index (χ1n) is 14.2. The van der Waals surface area contributed by atoms with E-state index in [4.69, 9.17) is 23.7 Å². The summed E-state index contributed by atoms with van der Waals surface area (Å²) in [5.41, 5.74) is 0. The molecule has 16 atom stereocenters. The van der Waals surface area contributed by atoms with E-state index in [-0.39, 0.29) is 0 Å². The number of aliphatic hydroxyl groups excluding tert-OH is 10. The van der Waals surface area contributed by atoms with Crippen LogP contribution in [0.25, 0.3) is 0 Å². The summed E-state index contributed by atoms with van der Waals surface area (Å²) in [5, 5.41) is 118. The second-order valence-corrected chi connectivity index (χ2v) is 11.2. The van der Waals surface area contributed by atoms with Crippen LogP contribution >= 0.6 is 0 Å². The Morgan fingerprint density at radius 2 is 1.39 bits per heavy atom. The number of aliphatic hydroxyl groups is 10. The van der Waals surface area contributed by atoms with E-state index >= 15 is 0 Å². The van der Waals surface area contributed by atoms with E-state index in [0.29, 0.717) is 0 Å². The molecule has 266 valence electrons. The van der Waals surface area contributed by atoms with E-state index in [9.17, 15) is 70.6 Å². The molecule has 3 heterocycles. The van der Waals surface area contributed by atoms with Crippen molar-refractivity contribution >= 4 is 17.8 Å². The zero-order valence-corrected chi connectivity index (χ0v) is 24.7. The van der Waals surface area contributed by atoms with E-state index < -0.39 is 142 Å². The molecule has 0 bridgehead atoms. The maximum Gasteiger partial charge on any atom is 0.364 e. The zero-order chi connectivity index (χ0) is 34.7. The molecule has 0 saturated carbocycles. The Morgan fingerprint density at radius 1 is 0.848 bits per heavy atom. The Kier molecular flexibility index (Phi) is 13.1. The molecule has 0 aromatic heterocycles. The number of rotatable bonds is 12. The second kappa shape index (κ2) is 15.8. The molecule has 21 nitrogen and oxygen atoms in total. The number of carbonyl (C=O) groups is 3. The van der Waals surface area contributed by atoms with Crippen LogP contribution in [0.3, 0.4) is 0 Å². The van der Waals surface area contributed by atoms with E-state index in [0.717, 1.165) is 13.8 Å². The monoisotopic (exact) mass is 674 g/mol. The van der Waals surface area contributed by atoms with Gasteiger partial charge in [-0.15, -0.1) is 0 Å². The van der Waals surface area contributed by atoms with Gasteiger partial charge in [-0.05, 0) is 0 Å². The minimum absolute atomic E-state index is 0.720. The van der Waals surface area contributed by atoms with E-state index in [1.165, 1.54) is 0 Å². The Labute approximate surface area is 260 Å². The van der Waals surface area contributed by atoms with Gasteiger partial charge in [0.1, 0.15) is 67.1 Å². The molecule has 0 aromatic rings. The highest BCUT2D eigenvalue weighted by Crippen LogP contribution is 2.38. The third-order valence-electron chi connectivity index (χ3n) is 7.87. The van der Waals surface area contributed by atoms with Crippen LogP contribution in [0.4, 0.5) is 0 Å². The summed E-state index contributed by atoms with van der Waals surface area (Å²) in [6.45, 7) is -0.777. The molecule has 0 aliphatic carbocycles. The van der Waals surface area contributed by atoms with E-state index in [2.05, 4.69) is 10.6 Å². The number of ether oxygens (including phenoxy) is 5. The molecule has 0 aromatic carbocycles. The summed E-state index contributed by atoms with van der Waals surface area (Å²) in [6.07, 6.45) is -25.8. The highest BCUT2D eigenvalue weighted by atomic mass is 16.8. The van der Waals surface area contributed by atoms with Crippen LogP contribution in [0.2, 0.25) is 0 Å². The molecule has 3 saturated heterocycles. The van der Waals surface area contributed by atoms with Crippen molar-refractivity contribution in [2.24, 2.45) is 0 Å². The van der Waals surface area contributed by atoms with Crippen molar-refractivity contribution in [3.05, 3.63) is 0 Å². The topological polar surface area (TPSA) is 344 Å². The van der Waals surface area contributed by atoms with Gasteiger partial charge < -0.3 is 90.5 Å². The van der Waals surface area contributed by atoms with Crippen molar-refractivity contribution in [1.29, 1.82) is 0 Å². The average molecular weight is 675 g/mol. The van der Waals surface area contributed by atoms with Crippen LogP contribution in [0.15, 0.2) is 0 Å². The molecule has 0 spiro atoms. The molecule has 13 N–H and O–H groups in total. The van der Waals surface area contributed by atoms with Gasteiger partial charge in [0.2, 0.25) is 11.8 Å². The molecule has 3 fully saturated rings. The van der Waals surface area contributed by atoms with Crippen molar-refractivity contribution in [3.8, 4) is 0 Å². The summed E-state index contributed by atoms with van der Waals surface area (Å²) in [7, 11) is 0. The van der Waals surface area contributed by atoms with Gasteiger partial charge in [-0.25, -0.2) is 4.79 Å². The number of nitrogens with one attached hydrogen (secondary N) is 2. The fourth-order valence-electron chi connectivity index (χ4n) is 5.56. The standard InChI is InChI=1S/C25H42N2O19/c1-7(31)26-13-9(33)3-25(24(40)41,45-20(13)15(35)10(34)4-28)46-21-17(37)12(6-30)43-23(18(21)38)44-19-14(27-8(2)32)22(39)42-11(5-29)16(19)36/h9-23,28-30,33-39H,3-6H2,1-2H3,(H,26,31)(H,27,32)(H,40,41)/t9-,10+,11+,12+,13+,14+,15+,16+,17-,18+,19+,20+,21-,22+,23-,25-/m0/s1. The lowest BCUT2D eigenvalue weighted by Gasteiger charge is -2.50. The number of amides is 2. The van der Waals surface area contributed by atoms with Crippen LogP contribution in [0.1, 0.15) is 20.3 Å². The van der Waals surface area contributed by atoms with Gasteiger partial charge in [-0.1, -0.05) is 0 Å². The van der Waals surface area contributed by atoms with Crippen molar-refractivity contribution in [2.45, 2.75) is 118 Å². The zero-order valence-electron chi connectivity index (χ0n) is 24.7. The quantitative estimate of drug-likeness (QED) is 0.0913. The van der Waals surface area contributed by atoms with Gasteiger partial charge in [0.05, 0.1) is 32.0 Å². The highest BCUT2D eigenvalue weighted by Gasteiger charge is 2.60. The van der Waals surface area contributed by atoms with Gasteiger partial charge in [0, 0.05) is 20.3 Å². The predicted octanol–water partition coefficient (Wildman–Crippen LogP) is -8.08. The predicted molar refractivity (Wildman–Crippen MR) is 142 cm³/mol. The Hall–Kier alpha value is -2.19. The molecule has 0 radical (unpaired) electrons. The molecule has 3 rings (SSSR count). The molecule has 3 aliphatic rings. The summed E-state index contributed by atoms with van der Waals surface area (Å²) >= 11 is 0. The molecule has 46 heavy (non-hydrogen) atoms. The number of hydrogen-bond acceptors (Lipinski definition) is 18. The lowest BCUT2D eigenvalue weighted by Crippen LogP contribution is -2.71. The van der Waals surface area contributed by atoms with Crippen LogP contribution in [0, 0.1) is 0 Å². The molecule has 0 unspecified atom stereocenters. The minimum Gasteiger partial charge on any atom is -0.477 e. The lowest BCUT2D eigenvalue weighted by molar-refractivity contribution is -0.380. The summed E-state index contributed by atoms with van der Waals surface area (Å²) in [5.74, 6) is -6.50. The highest BCUT2D eigenvalue weighted by molar-refractivity contribution is 5.76. The molecular formula is C25H42N2O19. The number of aliphatic carboxylic acids is 1. The number of hydrogen-bond donors (Lipinski definition) is 13. The van der Waals surface area contributed by atoms with Crippen molar-refractivity contribution in [2.75, 3.05) is 19.8 Å². The van der Waals surface area contributed by atoms with Gasteiger partial charge in [-0.3, -0.25) is 9.59 Å². The van der Waals surface area contributed by atoms with E-state index in [1.807, 2.05) is 0 Å². The summed E-state index contributed by atoms with van der Waals surface area (Å²) < 4.78 is 27.3. The maximum absolute atomic E-state index is 12.6. The second-order valence-electron chi connectivity index (χ2n) is 11.2. The fraction of sp³-hybridized carbons (Fsp3) is 0.880. The smallest absolute Gasteiger partial charge is 0.364 e. The van der Waals surface area contributed by atoms with Crippen LogP contribution in [-0.4, -0.2) is 191 Å². The number of carboxylic acids is 1. The minimum atomic E-state index is -3.04. The van der Waals surface area contributed by atoms with Crippen molar-refractivity contribution < 1.29 is 94.2 Å². The third kappa shape index (κ3) is 8.08. The largest absolute Gasteiger partial charge is 0.477 e. The summed E-state index contributed by atoms with van der Waals surface area (Å²) in [6, 6.07) is -3.08. The normalized spacial score (nSPS) is 42.9. The molecular weight excluding hydrogens is 632 g/mol. The first-order valence-corrected chi connectivity index (χ1v) is 14.2.